The highest BCUT2D eigenvalue weighted by Gasteiger charge is 2.16. The Labute approximate surface area is 117 Å². The zero-order valence-corrected chi connectivity index (χ0v) is 11.5. The molecule has 1 aliphatic heterocycles. The summed E-state index contributed by atoms with van der Waals surface area (Å²) < 4.78 is 7.20. The fourth-order valence-corrected chi connectivity index (χ4v) is 2.30. The molecule has 0 aliphatic carbocycles. The van der Waals surface area contributed by atoms with Crippen LogP contribution in [0.5, 0.6) is 0 Å². The Kier molecular flexibility index (Phi) is 3.67. The molecule has 0 aromatic carbocycles. The molecular formula is C13H18N6O. The first-order valence-electron chi connectivity index (χ1n) is 6.73. The lowest BCUT2D eigenvalue weighted by atomic mass is 10.3. The largest absolute Gasteiger partial charge is 0.472 e. The van der Waals surface area contributed by atoms with E-state index < -0.39 is 0 Å². The molecule has 0 saturated heterocycles. The highest BCUT2D eigenvalue weighted by atomic mass is 16.3. The van der Waals surface area contributed by atoms with Gasteiger partial charge in [-0.2, -0.15) is 0 Å². The number of furan rings is 1. The molecule has 0 unspecified atom stereocenters. The van der Waals surface area contributed by atoms with E-state index in [0.29, 0.717) is 13.1 Å². The lowest BCUT2D eigenvalue weighted by Gasteiger charge is -2.11. The summed E-state index contributed by atoms with van der Waals surface area (Å²) in [6, 6.07) is 1.92. The van der Waals surface area contributed by atoms with E-state index >= 15 is 0 Å². The van der Waals surface area contributed by atoms with Gasteiger partial charge in [-0.1, -0.05) is 0 Å². The van der Waals surface area contributed by atoms with E-state index in [0.717, 1.165) is 42.6 Å². The molecule has 2 aromatic rings. The predicted octanol–water partition coefficient (Wildman–Crippen LogP) is 0.682. The predicted molar refractivity (Wildman–Crippen MR) is 74.1 cm³/mol. The van der Waals surface area contributed by atoms with Gasteiger partial charge in [0.05, 0.1) is 19.1 Å². The highest BCUT2D eigenvalue weighted by Crippen LogP contribution is 2.13. The Hall–Kier alpha value is -2.31. The third-order valence-corrected chi connectivity index (χ3v) is 3.36. The van der Waals surface area contributed by atoms with Crippen LogP contribution in [0.25, 0.3) is 0 Å². The number of guanidine groups is 1. The van der Waals surface area contributed by atoms with Gasteiger partial charge in [0.25, 0.3) is 0 Å². The quantitative estimate of drug-likeness (QED) is 0.633. The normalized spacial score (nSPS) is 14.3. The maximum absolute atomic E-state index is 5.03. The van der Waals surface area contributed by atoms with Crippen LogP contribution in [0.15, 0.2) is 28.0 Å². The summed E-state index contributed by atoms with van der Waals surface area (Å²) in [4.78, 5) is 4.19. The summed E-state index contributed by atoms with van der Waals surface area (Å²) in [5, 5.41) is 14.9. The standard InChI is InChI=1S/C13H18N6O/c1-14-13(15-7-10-4-6-20-9-10)16-8-12-18-17-11-3-2-5-19(11)12/h4,6,9H,2-3,5,7-8H2,1H3,(H2,14,15,16). The van der Waals surface area contributed by atoms with Crippen LogP contribution in [0.1, 0.15) is 23.6 Å². The van der Waals surface area contributed by atoms with E-state index in [9.17, 15) is 0 Å². The second-order valence-corrected chi connectivity index (χ2v) is 4.70. The monoisotopic (exact) mass is 274 g/mol. The Bertz CT molecular complexity index is 586. The minimum Gasteiger partial charge on any atom is -0.472 e. The molecule has 3 heterocycles. The van der Waals surface area contributed by atoms with Gasteiger partial charge in [0.1, 0.15) is 5.82 Å². The van der Waals surface area contributed by atoms with Gasteiger partial charge in [-0.15, -0.1) is 10.2 Å². The summed E-state index contributed by atoms with van der Waals surface area (Å²) >= 11 is 0. The van der Waals surface area contributed by atoms with Crippen molar-refractivity contribution in [1.29, 1.82) is 0 Å². The number of nitrogens with zero attached hydrogens (tertiary/aromatic N) is 4. The van der Waals surface area contributed by atoms with Gasteiger partial charge in [-0.05, 0) is 12.5 Å². The maximum atomic E-state index is 5.03. The second-order valence-electron chi connectivity index (χ2n) is 4.70. The van der Waals surface area contributed by atoms with Crippen molar-refractivity contribution in [1.82, 2.24) is 25.4 Å². The van der Waals surface area contributed by atoms with Gasteiger partial charge >= 0.3 is 0 Å². The average Bonchev–Trinajstić information content (AvgIpc) is 3.17. The van der Waals surface area contributed by atoms with Crippen LogP contribution >= 0.6 is 0 Å². The van der Waals surface area contributed by atoms with Gasteiger partial charge in [-0.3, -0.25) is 4.99 Å². The molecular weight excluding hydrogens is 256 g/mol. The van der Waals surface area contributed by atoms with E-state index in [2.05, 4.69) is 30.4 Å². The molecule has 0 spiro atoms. The number of aryl methyl sites for hydroxylation is 1. The molecule has 1 aliphatic rings. The third-order valence-electron chi connectivity index (χ3n) is 3.36. The van der Waals surface area contributed by atoms with E-state index in [1.165, 1.54) is 0 Å². The average molecular weight is 274 g/mol. The van der Waals surface area contributed by atoms with E-state index in [1.54, 1.807) is 19.6 Å². The van der Waals surface area contributed by atoms with Crippen molar-refractivity contribution in [3.63, 3.8) is 0 Å². The van der Waals surface area contributed by atoms with Gasteiger partial charge in [0.2, 0.25) is 0 Å². The van der Waals surface area contributed by atoms with E-state index in [4.69, 9.17) is 4.42 Å². The van der Waals surface area contributed by atoms with Crippen LogP contribution in [0.4, 0.5) is 0 Å². The SMILES string of the molecule is CN=C(NCc1ccoc1)NCc1nnc2n1CCC2. The number of fused-ring (bicyclic) bond motifs is 1. The Balaban J connectivity index is 1.53. The first-order valence-corrected chi connectivity index (χ1v) is 6.73. The number of hydrogen-bond donors (Lipinski definition) is 2. The van der Waals surface area contributed by atoms with Crippen LogP contribution < -0.4 is 10.6 Å². The molecule has 0 bridgehead atoms. The van der Waals surface area contributed by atoms with Crippen LogP contribution in [-0.2, 0) is 26.1 Å². The zero-order chi connectivity index (χ0) is 13.8. The Morgan fingerprint density at radius 3 is 3.10 bits per heavy atom. The van der Waals surface area contributed by atoms with Crippen molar-refractivity contribution in [2.75, 3.05) is 7.05 Å². The van der Waals surface area contributed by atoms with Crippen LogP contribution in [0.2, 0.25) is 0 Å². The fraction of sp³-hybridized carbons (Fsp3) is 0.462. The van der Waals surface area contributed by atoms with Crippen molar-refractivity contribution >= 4 is 5.96 Å². The zero-order valence-electron chi connectivity index (χ0n) is 11.5. The van der Waals surface area contributed by atoms with Crippen LogP contribution in [0.3, 0.4) is 0 Å². The molecule has 0 amide bonds. The number of nitrogens with one attached hydrogen (secondary N) is 2. The van der Waals surface area contributed by atoms with Gasteiger partial charge < -0.3 is 19.6 Å². The molecule has 0 saturated carbocycles. The number of aromatic nitrogens is 3. The van der Waals surface area contributed by atoms with Crippen molar-refractivity contribution in [2.45, 2.75) is 32.5 Å². The maximum Gasteiger partial charge on any atom is 0.191 e. The first kappa shape index (κ1) is 12.7. The summed E-state index contributed by atoms with van der Waals surface area (Å²) in [5.41, 5.74) is 1.08. The molecule has 2 aromatic heterocycles. The Morgan fingerprint density at radius 1 is 1.40 bits per heavy atom. The minimum atomic E-state index is 0.623. The molecule has 2 N–H and O–H groups in total. The summed E-state index contributed by atoms with van der Waals surface area (Å²) in [7, 11) is 1.75. The van der Waals surface area contributed by atoms with Crippen LogP contribution in [-0.4, -0.2) is 27.8 Å². The van der Waals surface area contributed by atoms with Gasteiger partial charge in [0, 0.05) is 32.1 Å². The van der Waals surface area contributed by atoms with Crippen LogP contribution in [0, 0.1) is 0 Å². The molecule has 0 radical (unpaired) electrons. The lowest BCUT2D eigenvalue weighted by molar-refractivity contribution is 0.563. The molecule has 7 heteroatoms. The fourth-order valence-electron chi connectivity index (χ4n) is 2.30. The molecule has 3 rings (SSSR count). The Morgan fingerprint density at radius 2 is 2.30 bits per heavy atom. The molecule has 0 atom stereocenters. The van der Waals surface area contributed by atoms with Crippen molar-refractivity contribution < 1.29 is 4.42 Å². The molecule has 106 valence electrons. The number of rotatable bonds is 4. The summed E-state index contributed by atoms with van der Waals surface area (Å²) in [6.45, 7) is 2.31. The van der Waals surface area contributed by atoms with Gasteiger partial charge in [0.15, 0.2) is 11.8 Å². The number of aliphatic imine (C=N–C) groups is 1. The second kappa shape index (κ2) is 5.77. The van der Waals surface area contributed by atoms with Crippen molar-refractivity contribution in [3.05, 3.63) is 35.8 Å². The number of hydrogen-bond acceptors (Lipinski definition) is 4. The molecule has 7 nitrogen and oxygen atoms in total. The minimum absolute atomic E-state index is 0.623. The lowest BCUT2D eigenvalue weighted by Crippen LogP contribution is -2.36. The third kappa shape index (κ3) is 2.66. The topological polar surface area (TPSA) is 80.3 Å². The highest BCUT2D eigenvalue weighted by molar-refractivity contribution is 5.79. The van der Waals surface area contributed by atoms with E-state index in [1.807, 2.05) is 6.07 Å². The van der Waals surface area contributed by atoms with Crippen molar-refractivity contribution in [3.8, 4) is 0 Å². The molecule has 0 fully saturated rings. The smallest absolute Gasteiger partial charge is 0.191 e. The summed E-state index contributed by atoms with van der Waals surface area (Å²) in [6.07, 6.45) is 5.56. The van der Waals surface area contributed by atoms with Crippen molar-refractivity contribution in [2.24, 2.45) is 4.99 Å². The summed E-state index contributed by atoms with van der Waals surface area (Å²) in [5.74, 6) is 2.79. The first-order chi connectivity index (χ1) is 9.86. The van der Waals surface area contributed by atoms with E-state index in [-0.39, 0.29) is 0 Å². The molecule has 20 heavy (non-hydrogen) atoms. The van der Waals surface area contributed by atoms with Gasteiger partial charge in [-0.25, -0.2) is 0 Å².